The van der Waals surface area contributed by atoms with Crippen LogP contribution in [0.5, 0.6) is 5.75 Å². The minimum Gasteiger partial charge on any atom is -0.495 e. The molecule has 5 nitrogen and oxygen atoms in total. The van der Waals surface area contributed by atoms with Gasteiger partial charge in [0, 0.05) is 24.9 Å². The van der Waals surface area contributed by atoms with Crippen LogP contribution in [-0.2, 0) is 4.74 Å². The number of hydrogen-bond donors (Lipinski definition) is 1. The van der Waals surface area contributed by atoms with Gasteiger partial charge in [0.2, 0.25) is 0 Å². The van der Waals surface area contributed by atoms with Gasteiger partial charge in [0.25, 0.3) is 0 Å². The number of fused-ring (bicyclic) bond motifs is 2. The van der Waals surface area contributed by atoms with E-state index in [-0.39, 0.29) is 12.8 Å². The molecule has 162 valence electrons. The van der Waals surface area contributed by atoms with E-state index in [1.807, 2.05) is 25.1 Å². The summed E-state index contributed by atoms with van der Waals surface area (Å²) in [5.74, 6) is 0.631. The zero-order valence-corrected chi connectivity index (χ0v) is 17.8. The van der Waals surface area contributed by atoms with E-state index in [1.165, 1.54) is 19.3 Å². The van der Waals surface area contributed by atoms with E-state index in [0.717, 1.165) is 44.2 Å². The molecule has 3 atom stereocenters. The Morgan fingerprint density at radius 2 is 1.90 bits per heavy atom. The van der Waals surface area contributed by atoms with Crippen molar-refractivity contribution in [3.8, 4) is 5.75 Å². The van der Waals surface area contributed by atoms with Gasteiger partial charge in [-0.15, -0.1) is 0 Å². The third-order valence-corrected chi connectivity index (χ3v) is 6.25. The molecule has 3 rings (SSSR count). The van der Waals surface area contributed by atoms with Gasteiger partial charge in [0.1, 0.15) is 11.9 Å². The van der Waals surface area contributed by atoms with Gasteiger partial charge >= 0.3 is 6.09 Å². The summed E-state index contributed by atoms with van der Waals surface area (Å²) in [5, 5.41) is 2.85. The van der Waals surface area contributed by atoms with Crippen LogP contribution in [0.2, 0.25) is 0 Å². The smallest absolute Gasteiger partial charge is 0.412 e. The van der Waals surface area contributed by atoms with Crippen LogP contribution in [0.1, 0.15) is 63.4 Å². The first-order valence-electron chi connectivity index (χ1n) is 11.0. The number of alkyl halides is 1. The molecule has 2 aliphatic heterocycles. The van der Waals surface area contributed by atoms with Crippen LogP contribution in [0.3, 0.4) is 0 Å². The lowest BCUT2D eigenvalue weighted by atomic mass is 9.82. The number of nitrogens with zero attached hydrogens (tertiary/aromatic N) is 1. The zero-order chi connectivity index (χ0) is 20.6. The average molecular weight is 406 g/mol. The zero-order valence-electron chi connectivity index (χ0n) is 17.8. The van der Waals surface area contributed by atoms with Crippen LogP contribution in [0.25, 0.3) is 0 Å². The van der Waals surface area contributed by atoms with Gasteiger partial charge in [-0.05, 0) is 56.8 Å². The molecule has 1 N–H and O–H groups in total. The van der Waals surface area contributed by atoms with E-state index in [0.29, 0.717) is 29.9 Å². The summed E-state index contributed by atoms with van der Waals surface area (Å²) in [6, 6.07) is 6.68. The molecule has 0 aromatic heterocycles. The molecule has 0 saturated carbocycles. The summed E-state index contributed by atoms with van der Waals surface area (Å²) >= 11 is 0. The van der Waals surface area contributed by atoms with Gasteiger partial charge in [-0.1, -0.05) is 25.3 Å². The predicted molar refractivity (Wildman–Crippen MR) is 113 cm³/mol. The number of aryl methyl sites for hydroxylation is 1. The second-order valence-corrected chi connectivity index (χ2v) is 8.41. The molecule has 1 aromatic carbocycles. The standard InChI is InChI=1S/C23H35FN2O3/c1-17-10-11-22(28-2)21(14-17)25-23(27)29-20-15-18-8-7-9-19(16-20)26(18)13-6-4-3-5-12-24/h10-11,14,18-20H,3-9,12-13,15-16H2,1-2H3,(H,25,27)/t18-,19+,20?/i24-1. The first-order chi connectivity index (χ1) is 14.1. The maximum absolute atomic E-state index is 12.5. The van der Waals surface area contributed by atoms with Crippen molar-refractivity contribution in [3.63, 3.8) is 0 Å². The Bertz CT molecular complexity index is 656. The van der Waals surface area contributed by atoms with Gasteiger partial charge in [-0.2, -0.15) is 0 Å². The van der Waals surface area contributed by atoms with Gasteiger partial charge < -0.3 is 9.47 Å². The number of nitrogens with one attached hydrogen (secondary N) is 1. The number of amides is 1. The van der Waals surface area contributed by atoms with Gasteiger partial charge in [-0.25, -0.2) is 4.79 Å². The number of carbonyl (C=O) groups excluding carboxylic acids is 1. The van der Waals surface area contributed by atoms with E-state index in [1.54, 1.807) is 7.11 Å². The largest absolute Gasteiger partial charge is 0.495 e. The number of carbonyl (C=O) groups is 1. The van der Waals surface area contributed by atoms with Crippen molar-refractivity contribution >= 4 is 11.8 Å². The fourth-order valence-corrected chi connectivity index (χ4v) is 4.84. The number of anilines is 1. The number of benzene rings is 1. The lowest BCUT2D eigenvalue weighted by Crippen LogP contribution is -2.54. The minimum absolute atomic E-state index is 0.0381. The van der Waals surface area contributed by atoms with Crippen LogP contribution in [0, 0.1) is 6.92 Å². The predicted octanol–water partition coefficient (Wildman–Crippen LogP) is 5.47. The molecular weight excluding hydrogens is 370 g/mol. The van der Waals surface area contributed by atoms with Crippen molar-refractivity contribution in [2.45, 2.75) is 82.9 Å². The first-order valence-corrected chi connectivity index (χ1v) is 11.0. The Hall–Kier alpha value is -1.82. The monoisotopic (exact) mass is 405 g/mol. The molecule has 0 aliphatic carbocycles. The van der Waals surface area contributed by atoms with Crippen LogP contribution >= 0.6 is 0 Å². The molecule has 2 bridgehead atoms. The third-order valence-electron chi connectivity index (χ3n) is 6.25. The highest BCUT2D eigenvalue weighted by Crippen LogP contribution is 2.36. The number of rotatable bonds is 9. The molecule has 0 radical (unpaired) electrons. The minimum atomic E-state index is -0.406. The molecule has 29 heavy (non-hydrogen) atoms. The van der Waals surface area contributed by atoms with Gasteiger partial charge in [0.05, 0.1) is 19.5 Å². The molecule has 2 saturated heterocycles. The van der Waals surface area contributed by atoms with E-state index in [9.17, 15) is 9.18 Å². The van der Waals surface area contributed by atoms with Crippen LogP contribution < -0.4 is 10.1 Å². The normalized spacial score (nSPS) is 24.2. The summed E-state index contributed by atoms with van der Waals surface area (Å²) < 4.78 is 23.4. The second kappa shape index (κ2) is 10.8. The van der Waals surface area contributed by atoms with Gasteiger partial charge in [-0.3, -0.25) is 14.6 Å². The SMILES string of the molecule is COc1ccc(C)cc1NC(=O)OC1C[C@H]2CCC[C@@H](C1)N2CCCCCC[18F]. The van der Waals surface area contributed by atoms with Crippen LogP contribution in [-0.4, -0.2) is 49.5 Å². The van der Waals surface area contributed by atoms with E-state index in [2.05, 4.69) is 10.2 Å². The maximum atomic E-state index is 12.5. The van der Waals surface area contributed by atoms with Crippen molar-refractivity contribution in [1.82, 2.24) is 4.90 Å². The molecule has 2 fully saturated rings. The number of hydrogen-bond acceptors (Lipinski definition) is 4. The molecule has 2 heterocycles. The van der Waals surface area contributed by atoms with Crippen LogP contribution in [0.15, 0.2) is 18.2 Å². The van der Waals surface area contributed by atoms with Crippen LogP contribution in [0.4, 0.5) is 14.9 Å². The molecule has 1 aromatic rings. The molecule has 0 spiro atoms. The highest BCUT2D eigenvalue weighted by Gasteiger charge is 2.39. The van der Waals surface area contributed by atoms with Gasteiger partial charge in [0.15, 0.2) is 0 Å². The summed E-state index contributed by atoms with van der Waals surface area (Å²) in [5.41, 5.74) is 1.69. The quantitative estimate of drug-likeness (QED) is 0.554. The summed E-state index contributed by atoms with van der Waals surface area (Å²) in [6.07, 6.45) is 8.86. The number of unbranched alkanes of at least 4 members (excludes halogenated alkanes) is 3. The van der Waals surface area contributed by atoms with Crippen molar-refractivity contribution in [2.24, 2.45) is 0 Å². The van der Waals surface area contributed by atoms with E-state index in [4.69, 9.17) is 9.47 Å². The topological polar surface area (TPSA) is 50.8 Å². The lowest BCUT2D eigenvalue weighted by molar-refractivity contribution is -0.0308. The Balaban J connectivity index is 1.50. The molecule has 1 unspecified atom stereocenters. The maximum Gasteiger partial charge on any atom is 0.412 e. The third kappa shape index (κ3) is 6.08. The van der Waals surface area contributed by atoms with Crippen molar-refractivity contribution < 1.29 is 18.7 Å². The van der Waals surface area contributed by atoms with Crippen molar-refractivity contribution in [2.75, 3.05) is 25.6 Å². The lowest BCUT2D eigenvalue weighted by Gasteiger charge is -2.48. The summed E-state index contributed by atoms with van der Waals surface area (Å²) in [4.78, 5) is 15.1. The number of methoxy groups -OCH3 is 1. The molecule has 1 amide bonds. The highest BCUT2D eigenvalue weighted by atomic mass is 18.2. The first kappa shape index (κ1) is 21.9. The molecular formula is C23H35FN2O3. The summed E-state index contributed by atoms with van der Waals surface area (Å²) in [7, 11) is 1.59. The fraction of sp³-hybridized carbons (Fsp3) is 0.696. The Morgan fingerprint density at radius 1 is 1.17 bits per heavy atom. The van der Waals surface area contributed by atoms with E-state index < -0.39 is 6.09 Å². The number of ether oxygens (including phenoxy) is 2. The number of piperidine rings is 2. The Kier molecular flexibility index (Phi) is 8.16. The highest BCUT2D eigenvalue weighted by molar-refractivity contribution is 5.87. The molecule has 6 heteroatoms. The Labute approximate surface area is 173 Å². The number of halogens is 1. The van der Waals surface area contributed by atoms with E-state index >= 15 is 0 Å². The van der Waals surface area contributed by atoms with Crippen molar-refractivity contribution in [1.29, 1.82) is 0 Å². The molecule has 2 aliphatic rings. The van der Waals surface area contributed by atoms with Crippen molar-refractivity contribution in [3.05, 3.63) is 23.8 Å². The Morgan fingerprint density at radius 3 is 2.59 bits per heavy atom. The second-order valence-electron chi connectivity index (χ2n) is 8.41. The fourth-order valence-electron chi connectivity index (χ4n) is 4.84. The summed E-state index contributed by atoms with van der Waals surface area (Å²) in [6.45, 7) is 2.86. The average Bonchev–Trinajstić information content (AvgIpc) is 2.68.